The number of aromatic nitrogens is 2. The Morgan fingerprint density at radius 2 is 2.00 bits per heavy atom. The van der Waals surface area contributed by atoms with E-state index >= 15 is 0 Å². The monoisotopic (exact) mass is 345 g/mol. The van der Waals surface area contributed by atoms with Crippen LogP contribution in [0, 0.1) is 13.8 Å². The van der Waals surface area contributed by atoms with Gasteiger partial charge in [0.2, 0.25) is 0 Å². The molecule has 0 spiro atoms. The van der Waals surface area contributed by atoms with E-state index in [1.165, 1.54) is 6.92 Å². The highest BCUT2D eigenvalue weighted by molar-refractivity contribution is 5.38. The average Bonchev–Trinajstić information content (AvgIpc) is 3.18. The van der Waals surface area contributed by atoms with Crippen molar-refractivity contribution in [1.29, 1.82) is 0 Å². The second-order valence-electron chi connectivity index (χ2n) is 6.31. The van der Waals surface area contributed by atoms with Gasteiger partial charge in [-0.1, -0.05) is 13.2 Å². The lowest BCUT2D eigenvalue weighted by molar-refractivity contribution is 0.362. The third kappa shape index (κ3) is 4.56. The van der Waals surface area contributed by atoms with Gasteiger partial charge in [-0.3, -0.25) is 0 Å². The maximum Gasteiger partial charge on any atom is 0.127 e. The van der Waals surface area contributed by atoms with Crippen LogP contribution in [-0.4, -0.2) is 27.3 Å². The minimum atomic E-state index is -0.496. The summed E-state index contributed by atoms with van der Waals surface area (Å²) in [6, 6.07) is -0.165. The average molecular weight is 345 g/mol. The molecule has 5 heteroatoms. The largest absolute Gasteiger partial charge is 0.365 e. The molecule has 1 aromatic rings. The van der Waals surface area contributed by atoms with Gasteiger partial charge in [0.15, 0.2) is 0 Å². The van der Waals surface area contributed by atoms with Crippen LogP contribution in [0.4, 0.5) is 8.78 Å². The summed E-state index contributed by atoms with van der Waals surface area (Å²) < 4.78 is 28.8. The summed E-state index contributed by atoms with van der Waals surface area (Å²) in [4.78, 5) is 2.03. The molecule has 1 unspecified atom stereocenters. The number of hydrogen-bond donors (Lipinski definition) is 0. The Hall–Kier alpha value is -2.43. The fourth-order valence-electron chi connectivity index (χ4n) is 2.84. The topological polar surface area (TPSA) is 21.1 Å². The van der Waals surface area contributed by atoms with Crippen LogP contribution in [0.25, 0.3) is 6.20 Å². The Morgan fingerprint density at radius 3 is 2.60 bits per heavy atom. The van der Waals surface area contributed by atoms with Gasteiger partial charge in [0, 0.05) is 29.7 Å². The number of hydrogen-bond acceptors (Lipinski definition) is 2. The van der Waals surface area contributed by atoms with E-state index in [1.807, 2.05) is 37.2 Å². The summed E-state index contributed by atoms with van der Waals surface area (Å²) in [5.74, 6) is -0.937. The first-order valence-corrected chi connectivity index (χ1v) is 8.34. The number of allylic oxidation sites excluding steroid dienone is 4. The van der Waals surface area contributed by atoms with Crippen molar-refractivity contribution in [3.8, 4) is 0 Å². The summed E-state index contributed by atoms with van der Waals surface area (Å²) >= 11 is 0. The minimum absolute atomic E-state index is 0.165. The fraction of sp³-hybridized carbons (Fsp3) is 0.350. The number of likely N-dealkylation sites (tertiary alicyclic amines) is 1. The molecular weight excluding hydrogens is 320 g/mol. The van der Waals surface area contributed by atoms with Crippen LogP contribution in [-0.2, 0) is 0 Å². The molecular formula is C20H25F2N3. The van der Waals surface area contributed by atoms with Gasteiger partial charge in [0.1, 0.15) is 5.83 Å². The molecule has 0 aromatic carbocycles. The van der Waals surface area contributed by atoms with Crippen molar-refractivity contribution < 1.29 is 8.78 Å². The van der Waals surface area contributed by atoms with E-state index in [4.69, 9.17) is 0 Å². The normalized spacial score (nSPS) is 19.1. The van der Waals surface area contributed by atoms with E-state index in [2.05, 4.69) is 18.3 Å². The standard InChI is InChI=1S/C20H25F2N3/c1-14-13-23-25(18(14)5)12-10-16(3)24-11-6-7-20(24)17(4)19(22)9-8-15(2)21/h8-10,12-13,20H,3-4,6-7,11H2,1-2,5H3/b12-10-,15-8+,19-9+. The van der Waals surface area contributed by atoms with Crippen molar-refractivity contribution in [3.05, 3.63) is 71.8 Å². The van der Waals surface area contributed by atoms with Crippen molar-refractivity contribution in [3.63, 3.8) is 0 Å². The lowest BCUT2D eigenvalue weighted by Crippen LogP contribution is -2.29. The predicted octanol–water partition coefficient (Wildman–Crippen LogP) is 5.23. The third-order valence-electron chi connectivity index (χ3n) is 4.49. The van der Waals surface area contributed by atoms with Crippen molar-refractivity contribution in [2.45, 2.75) is 39.7 Å². The first kappa shape index (κ1) is 18.9. The van der Waals surface area contributed by atoms with Gasteiger partial charge in [-0.15, -0.1) is 0 Å². The molecule has 2 heterocycles. The quantitative estimate of drug-likeness (QED) is 0.658. The van der Waals surface area contributed by atoms with E-state index in [0.29, 0.717) is 5.57 Å². The van der Waals surface area contributed by atoms with Gasteiger partial charge in [-0.25, -0.2) is 13.5 Å². The van der Waals surface area contributed by atoms with Gasteiger partial charge < -0.3 is 4.90 Å². The smallest absolute Gasteiger partial charge is 0.127 e. The lowest BCUT2D eigenvalue weighted by atomic mass is 10.0. The maximum atomic E-state index is 14.2. The summed E-state index contributed by atoms with van der Waals surface area (Å²) in [7, 11) is 0. The molecule has 0 N–H and O–H groups in total. The first-order chi connectivity index (χ1) is 11.8. The Balaban J connectivity index is 2.11. The highest BCUT2D eigenvalue weighted by atomic mass is 19.1. The summed E-state index contributed by atoms with van der Waals surface area (Å²) in [6.07, 6.45) is 9.50. The van der Waals surface area contributed by atoms with Crippen molar-refractivity contribution in [2.24, 2.45) is 0 Å². The van der Waals surface area contributed by atoms with Gasteiger partial charge in [0.25, 0.3) is 0 Å². The first-order valence-electron chi connectivity index (χ1n) is 8.34. The van der Waals surface area contributed by atoms with E-state index in [0.717, 1.165) is 48.5 Å². The number of halogens is 2. The van der Waals surface area contributed by atoms with Crippen LogP contribution in [0.1, 0.15) is 31.0 Å². The Morgan fingerprint density at radius 1 is 1.28 bits per heavy atom. The van der Waals surface area contributed by atoms with Gasteiger partial charge >= 0.3 is 0 Å². The highest BCUT2D eigenvalue weighted by Gasteiger charge is 2.28. The fourth-order valence-corrected chi connectivity index (χ4v) is 2.84. The SMILES string of the molecule is C=C(/C(F)=C\C=C(/C)F)C1CCCN1C(=C)/C=C\n1ncc(C)c1C. The van der Waals surface area contributed by atoms with Gasteiger partial charge in [0.05, 0.1) is 18.1 Å². The van der Waals surface area contributed by atoms with Gasteiger partial charge in [-0.05, 0) is 57.4 Å². The predicted molar refractivity (Wildman–Crippen MR) is 99.1 cm³/mol. The van der Waals surface area contributed by atoms with Crippen molar-refractivity contribution in [2.75, 3.05) is 6.54 Å². The number of aryl methyl sites for hydroxylation is 1. The molecule has 3 nitrogen and oxygen atoms in total. The molecule has 134 valence electrons. The molecule has 2 rings (SSSR count). The van der Waals surface area contributed by atoms with Crippen LogP contribution in [0.5, 0.6) is 0 Å². The molecule has 0 radical (unpaired) electrons. The zero-order chi connectivity index (χ0) is 18.6. The summed E-state index contributed by atoms with van der Waals surface area (Å²) in [5, 5.41) is 4.28. The van der Waals surface area contributed by atoms with Crippen molar-refractivity contribution >= 4 is 6.20 Å². The number of rotatable bonds is 6. The van der Waals surface area contributed by atoms with Gasteiger partial charge in [-0.2, -0.15) is 5.10 Å². The lowest BCUT2D eigenvalue weighted by Gasteiger charge is -2.28. The second-order valence-corrected chi connectivity index (χ2v) is 6.31. The molecule has 1 fully saturated rings. The Labute approximate surface area is 148 Å². The molecule has 0 aliphatic carbocycles. The van der Waals surface area contributed by atoms with Crippen LogP contribution >= 0.6 is 0 Å². The minimum Gasteiger partial charge on any atom is -0.365 e. The molecule has 0 bridgehead atoms. The molecule has 1 atom stereocenters. The second kappa shape index (κ2) is 8.10. The highest BCUT2D eigenvalue weighted by Crippen LogP contribution is 2.30. The third-order valence-corrected chi connectivity index (χ3v) is 4.49. The molecule has 1 saturated heterocycles. The Bertz CT molecular complexity index is 749. The molecule has 0 saturated carbocycles. The zero-order valence-corrected chi connectivity index (χ0v) is 15.1. The van der Waals surface area contributed by atoms with E-state index in [1.54, 1.807) is 4.68 Å². The van der Waals surface area contributed by atoms with Crippen molar-refractivity contribution in [1.82, 2.24) is 14.7 Å². The maximum absolute atomic E-state index is 14.2. The molecule has 1 aliphatic rings. The Kier molecular flexibility index (Phi) is 6.12. The van der Waals surface area contributed by atoms with E-state index in [-0.39, 0.29) is 6.04 Å². The van der Waals surface area contributed by atoms with E-state index < -0.39 is 11.7 Å². The molecule has 0 amide bonds. The molecule has 1 aliphatic heterocycles. The van der Waals surface area contributed by atoms with Crippen LogP contribution in [0.2, 0.25) is 0 Å². The number of nitrogens with zero attached hydrogens (tertiary/aromatic N) is 3. The molecule has 25 heavy (non-hydrogen) atoms. The summed E-state index contributed by atoms with van der Waals surface area (Å²) in [6.45, 7) is 14.0. The van der Waals surface area contributed by atoms with Crippen LogP contribution < -0.4 is 0 Å². The van der Waals surface area contributed by atoms with E-state index in [9.17, 15) is 8.78 Å². The molecule has 1 aromatic heterocycles. The zero-order valence-electron chi connectivity index (χ0n) is 15.1. The summed E-state index contributed by atoms with van der Waals surface area (Å²) in [5.41, 5.74) is 3.32. The van der Waals surface area contributed by atoms with Crippen LogP contribution in [0.3, 0.4) is 0 Å². The van der Waals surface area contributed by atoms with Crippen LogP contribution in [0.15, 0.2) is 60.5 Å².